The molecule has 0 aliphatic carbocycles. The van der Waals surface area contributed by atoms with Crippen molar-refractivity contribution in [2.75, 3.05) is 20.3 Å². The molecule has 0 bridgehead atoms. The van der Waals surface area contributed by atoms with E-state index in [1.807, 2.05) is 0 Å². The Morgan fingerprint density at radius 2 is 2.00 bits per heavy atom. The first-order valence-corrected chi connectivity index (χ1v) is 6.70. The van der Waals surface area contributed by atoms with Crippen LogP contribution in [-0.4, -0.2) is 31.7 Å². The summed E-state index contributed by atoms with van der Waals surface area (Å²) < 4.78 is 48.6. The summed E-state index contributed by atoms with van der Waals surface area (Å²) in [6, 6.07) is 4.85. The van der Waals surface area contributed by atoms with Gasteiger partial charge in [0.1, 0.15) is 5.60 Å². The standard InChI is InChI=1S/C15H17F3O3/c1-20-14(5-7-21-8-6-14)13(19)10-11-3-2-4-12(9-11)15(16,17)18/h2-4,9H,5-8,10H2,1H3. The Balaban J connectivity index is 2.15. The Morgan fingerprint density at radius 1 is 1.33 bits per heavy atom. The first-order valence-electron chi connectivity index (χ1n) is 6.70. The largest absolute Gasteiger partial charge is 0.416 e. The lowest BCUT2D eigenvalue weighted by Crippen LogP contribution is -2.46. The van der Waals surface area contributed by atoms with Crippen LogP contribution in [0.3, 0.4) is 0 Å². The van der Waals surface area contributed by atoms with E-state index in [4.69, 9.17) is 9.47 Å². The lowest BCUT2D eigenvalue weighted by molar-refractivity contribution is -0.152. The molecule has 0 atom stereocenters. The average molecular weight is 302 g/mol. The highest BCUT2D eigenvalue weighted by Gasteiger charge is 2.39. The van der Waals surface area contributed by atoms with Crippen molar-refractivity contribution in [3.63, 3.8) is 0 Å². The van der Waals surface area contributed by atoms with Crippen LogP contribution in [0.15, 0.2) is 24.3 Å². The molecule has 1 aliphatic heterocycles. The second kappa shape index (κ2) is 6.15. The zero-order valence-corrected chi connectivity index (χ0v) is 11.7. The van der Waals surface area contributed by atoms with Gasteiger partial charge in [-0.05, 0) is 11.6 Å². The smallest absolute Gasteiger partial charge is 0.381 e. The van der Waals surface area contributed by atoms with Gasteiger partial charge in [-0.1, -0.05) is 18.2 Å². The molecule has 1 heterocycles. The number of hydrogen-bond acceptors (Lipinski definition) is 3. The van der Waals surface area contributed by atoms with E-state index in [2.05, 4.69) is 0 Å². The third-order valence-corrected chi connectivity index (χ3v) is 3.82. The van der Waals surface area contributed by atoms with Gasteiger partial charge in [-0.15, -0.1) is 0 Å². The van der Waals surface area contributed by atoms with Crippen molar-refractivity contribution in [2.45, 2.75) is 31.0 Å². The van der Waals surface area contributed by atoms with Crippen molar-refractivity contribution < 1.29 is 27.4 Å². The van der Waals surface area contributed by atoms with Crippen LogP contribution in [-0.2, 0) is 26.9 Å². The molecule has 0 aromatic heterocycles. The third-order valence-electron chi connectivity index (χ3n) is 3.82. The van der Waals surface area contributed by atoms with Crippen LogP contribution >= 0.6 is 0 Å². The fraction of sp³-hybridized carbons (Fsp3) is 0.533. The maximum Gasteiger partial charge on any atom is 0.416 e. The monoisotopic (exact) mass is 302 g/mol. The lowest BCUT2D eigenvalue weighted by atomic mass is 9.86. The molecule has 0 radical (unpaired) electrons. The number of alkyl halides is 3. The molecular weight excluding hydrogens is 285 g/mol. The molecule has 3 nitrogen and oxygen atoms in total. The summed E-state index contributed by atoms with van der Waals surface area (Å²) in [5.74, 6) is -0.201. The van der Waals surface area contributed by atoms with E-state index < -0.39 is 17.3 Å². The maximum absolute atomic E-state index is 12.7. The Kier molecular flexibility index (Phi) is 4.68. The number of carbonyl (C=O) groups excluding carboxylic acids is 1. The Morgan fingerprint density at radius 3 is 2.57 bits per heavy atom. The number of hydrogen-bond donors (Lipinski definition) is 0. The topological polar surface area (TPSA) is 35.5 Å². The third kappa shape index (κ3) is 3.63. The summed E-state index contributed by atoms with van der Waals surface area (Å²) in [6.07, 6.45) is -3.61. The van der Waals surface area contributed by atoms with Gasteiger partial charge in [-0.3, -0.25) is 4.79 Å². The summed E-state index contributed by atoms with van der Waals surface area (Å²) in [4.78, 5) is 12.4. The van der Waals surface area contributed by atoms with Gasteiger partial charge in [0.05, 0.1) is 5.56 Å². The number of methoxy groups -OCH3 is 1. The fourth-order valence-electron chi connectivity index (χ4n) is 2.50. The van der Waals surface area contributed by atoms with Crippen molar-refractivity contribution in [3.05, 3.63) is 35.4 Å². The molecule has 1 aromatic rings. The van der Waals surface area contributed by atoms with Crippen LogP contribution in [0, 0.1) is 0 Å². The molecule has 1 aliphatic rings. The van der Waals surface area contributed by atoms with E-state index in [0.29, 0.717) is 31.6 Å². The van der Waals surface area contributed by atoms with E-state index >= 15 is 0 Å². The zero-order chi connectivity index (χ0) is 15.5. The van der Waals surface area contributed by atoms with Crippen LogP contribution in [0.1, 0.15) is 24.0 Å². The van der Waals surface area contributed by atoms with Gasteiger partial charge in [0.2, 0.25) is 0 Å². The van der Waals surface area contributed by atoms with Gasteiger partial charge >= 0.3 is 6.18 Å². The summed E-state index contributed by atoms with van der Waals surface area (Å²) in [5.41, 5.74) is -1.34. The molecule has 0 unspecified atom stereocenters. The summed E-state index contributed by atoms with van der Waals surface area (Å²) in [7, 11) is 1.45. The highest BCUT2D eigenvalue weighted by Crippen LogP contribution is 2.31. The molecule has 2 rings (SSSR count). The van der Waals surface area contributed by atoms with Gasteiger partial charge < -0.3 is 9.47 Å². The number of halogens is 3. The molecule has 0 N–H and O–H groups in total. The van der Waals surface area contributed by atoms with Crippen LogP contribution in [0.5, 0.6) is 0 Å². The molecule has 0 saturated carbocycles. The van der Waals surface area contributed by atoms with Crippen LogP contribution in [0.25, 0.3) is 0 Å². The van der Waals surface area contributed by atoms with E-state index in [9.17, 15) is 18.0 Å². The first kappa shape index (κ1) is 16.0. The van der Waals surface area contributed by atoms with Crippen LogP contribution in [0.2, 0.25) is 0 Å². The average Bonchev–Trinajstić information content (AvgIpc) is 2.47. The number of rotatable bonds is 4. The fourth-order valence-corrected chi connectivity index (χ4v) is 2.50. The highest BCUT2D eigenvalue weighted by atomic mass is 19.4. The summed E-state index contributed by atoms with van der Waals surface area (Å²) in [5, 5.41) is 0. The van der Waals surface area contributed by atoms with Gasteiger partial charge in [-0.25, -0.2) is 0 Å². The number of carbonyl (C=O) groups is 1. The molecule has 1 saturated heterocycles. The highest BCUT2D eigenvalue weighted by molar-refractivity contribution is 5.89. The lowest BCUT2D eigenvalue weighted by Gasteiger charge is -2.34. The SMILES string of the molecule is COC1(C(=O)Cc2cccc(C(F)(F)F)c2)CCOCC1. The minimum Gasteiger partial charge on any atom is -0.381 e. The van der Waals surface area contributed by atoms with Gasteiger partial charge in [0, 0.05) is 39.6 Å². The van der Waals surface area contributed by atoms with Crippen molar-refractivity contribution in [2.24, 2.45) is 0 Å². The number of ketones is 1. The molecule has 1 fully saturated rings. The molecule has 0 spiro atoms. The van der Waals surface area contributed by atoms with Crippen LogP contribution < -0.4 is 0 Å². The second-order valence-corrected chi connectivity index (χ2v) is 5.11. The predicted octanol–water partition coefficient (Wildman–Crippen LogP) is 3.01. The van der Waals surface area contributed by atoms with E-state index in [0.717, 1.165) is 12.1 Å². The Labute approximate surface area is 121 Å². The predicted molar refractivity (Wildman–Crippen MR) is 69.9 cm³/mol. The normalized spacial score (nSPS) is 18.5. The van der Waals surface area contributed by atoms with Gasteiger partial charge in [0.15, 0.2) is 5.78 Å². The minimum atomic E-state index is -4.41. The Bertz CT molecular complexity index is 505. The molecule has 1 aromatic carbocycles. The number of ether oxygens (including phenoxy) is 2. The van der Waals surface area contributed by atoms with Gasteiger partial charge in [-0.2, -0.15) is 13.2 Å². The quantitative estimate of drug-likeness (QED) is 0.857. The van der Waals surface area contributed by atoms with Crippen LogP contribution in [0.4, 0.5) is 13.2 Å². The number of Topliss-reactive ketones (excluding diaryl/α,β-unsaturated/α-hetero) is 1. The van der Waals surface area contributed by atoms with Gasteiger partial charge in [0.25, 0.3) is 0 Å². The second-order valence-electron chi connectivity index (χ2n) is 5.11. The maximum atomic E-state index is 12.7. The molecular formula is C15H17F3O3. The summed E-state index contributed by atoms with van der Waals surface area (Å²) in [6.45, 7) is 0.838. The van der Waals surface area contributed by atoms with Crippen molar-refractivity contribution in [1.29, 1.82) is 0 Å². The molecule has 116 valence electrons. The van der Waals surface area contributed by atoms with Crippen molar-refractivity contribution in [3.8, 4) is 0 Å². The molecule has 21 heavy (non-hydrogen) atoms. The molecule has 6 heteroatoms. The number of benzene rings is 1. The zero-order valence-electron chi connectivity index (χ0n) is 11.7. The van der Waals surface area contributed by atoms with E-state index in [1.54, 1.807) is 0 Å². The summed E-state index contributed by atoms with van der Waals surface area (Å²) >= 11 is 0. The van der Waals surface area contributed by atoms with E-state index in [1.165, 1.54) is 19.2 Å². The van der Waals surface area contributed by atoms with E-state index in [-0.39, 0.29) is 12.2 Å². The van der Waals surface area contributed by atoms with Crippen molar-refractivity contribution in [1.82, 2.24) is 0 Å². The van der Waals surface area contributed by atoms with Crippen molar-refractivity contribution >= 4 is 5.78 Å². The molecule has 0 amide bonds. The minimum absolute atomic E-state index is 0.0717. The Hall–Kier alpha value is -1.40. The first-order chi connectivity index (χ1) is 9.87.